The molecule has 0 heterocycles. The van der Waals surface area contributed by atoms with Crippen LogP contribution in [0.15, 0.2) is 170 Å². The smallest absolute Gasteiger partial charge is 0.123 e. The second-order valence-electron chi connectivity index (χ2n) is 17.0. The lowest BCUT2D eigenvalue weighted by Crippen LogP contribution is -2.16. The van der Waals surface area contributed by atoms with Crippen LogP contribution in [0, 0.1) is 5.82 Å². The van der Waals surface area contributed by atoms with Gasteiger partial charge in [0, 0.05) is 27.9 Å². The van der Waals surface area contributed by atoms with E-state index < -0.39 is 0 Å². The van der Waals surface area contributed by atoms with Gasteiger partial charge in [-0.1, -0.05) is 149 Å². The molecule has 0 unspecified atom stereocenters. The van der Waals surface area contributed by atoms with Gasteiger partial charge in [-0.15, -0.1) is 0 Å². The summed E-state index contributed by atoms with van der Waals surface area (Å²) in [5, 5.41) is 0. The van der Waals surface area contributed by atoms with Gasteiger partial charge in [0.1, 0.15) is 5.82 Å². The second kappa shape index (κ2) is 12.2. The van der Waals surface area contributed by atoms with Crippen molar-refractivity contribution in [2.45, 2.75) is 44.9 Å². The Hall–Kier alpha value is -6.51. The lowest BCUT2D eigenvalue weighted by atomic mass is 9.82. The Bertz CT molecular complexity index is 2930. The van der Waals surface area contributed by atoms with Crippen LogP contribution in [0.25, 0.3) is 55.6 Å². The molecule has 0 fully saturated rings. The van der Waals surface area contributed by atoms with E-state index in [-0.39, 0.29) is 16.6 Å². The van der Waals surface area contributed by atoms with Crippen molar-refractivity contribution in [1.29, 1.82) is 0 Å². The molecule has 0 bridgehead atoms. The largest absolute Gasteiger partial charge is 0.310 e. The van der Waals surface area contributed by atoms with Gasteiger partial charge in [-0.25, -0.2) is 4.39 Å². The molecule has 2 heteroatoms. The minimum absolute atomic E-state index is 0.0541. The molecule has 0 amide bonds. The fourth-order valence-corrected chi connectivity index (χ4v) is 10.3. The fraction of sp³-hybridized carbons (Fsp3) is 0.127. The van der Waals surface area contributed by atoms with Crippen molar-refractivity contribution in [3.63, 3.8) is 0 Å². The number of halogens is 1. The highest BCUT2D eigenvalue weighted by atomic mass is 19.1. The zero-order valence-corrected chi connectivity index (χ0v) is 32.7. The number of hydrogen-bond donors (Lipinski definition) is 0. The van der Waals surface area contributed by atoms with Crippen LogP contribution in [0.3, 0.4) is 0 Å². The first-order chi connectivity index (χ1) is 27.7. The normalized spacial score (nSPS) is 14.6. The predicted molar refractivity (Wildman–Crippen MR) is 235 cm³/mol. The minimum Gasteiger partial charge on any atom is -0.310 e. The lowest BCUT2D eigenvalue weighted by molar-refractivity contribution is 0.609. The maximum Gasteiger partial charge on any atom is 0.123 e. The van der Waals surface area contributed by atoms with Crippen LogP contribution in [0.5, 0.6) is 0 Å². The van der Waals surface area contributed by atoms with Crippen LogP contribution in [0.2, 0.25) is 0 Å². The summed E-state index contributed by atoms with van der Waals surface area (Å²) in [6.07, 6.45) is 0.951. The number of rotatable bonds is 5. The summed E-state index contributed by atoms with van der Waals surface area (Å²) in [5.41, 5.74) is 23.2. The van der Waals surface area contributed by atoms with Crippen molar-refractivity contribution in [3.05, 3.63) is 209 Å². The van der Waals surface area contributed by atoms with E-state index in [9.17, 15) is 4.39 Å². The Morgan fingerprint density at radius 1 is 0.404 bits per heavy atom. The van der Waals surface area contributed by atoms with E-state index in [0.29, 0.717) is 0 Å². The third kappa shape index (κ3) is 4.99. The van der Waals surface area contributed by atoms with Crippen LogP contribution in [0.4, 0.5) is 21.5 Å². The highest BCUT2D eigenvalue weighted by molar-refractivity contribution is 5.93. The summed E-state index contributed by atoms with van der Waals surface area (Å²) in [7, 11) is 0. The van der Waals surface area contributed by atoms with Crippen molar-refractivity contribution in [2.24, 2.45) is 0 Å². The molecular formula is C55H42FN. The summed E-state index contributed by atoms with van der Waals surface area (Å²) in [5.74, 6) is -0.194. The van der Waals surface area contributed by atoms with Crippen molar-refractivity contribution < 1.29 is 4.39 Å². The molecule has 0 saturated heterocycles. The summed E-state index contributed by atoms with van der Waals surface area (Å²) in [4.78, 5) is 2.37. The second-order valence-corrected chi connectivity index (χ2v) is 17.0. The Kier molecular flexibility index (Phi) is 7.26. The average molecular weight is 736 g/mol. The molecule has 3 aliphatic rings. The maximum absolute atomic E-state index is 14.6. The third-order valence-corrected chi connectivity index (χ3v) is 13.2. The van der Waals surface area contributed by atoms with Crippen molar-refractivity contribution in [2.75, 3.05) is 4.90 Å². The van der Waals surface area contributed by atoms with E-state index >= 15 is 0 Å². The van der Waals surface area contributed by atoms with Gasteiger partial charge in [0.2, 0.25) is 0 Å². The average Bonchev–Trinajstić information content (AvgIpc) is 3.81. The van der Waals surface area contributed by atoms with E-state index in [0.717, 1.165) is 34.6 Å². The Morgan fingerprint density at radius 2 is 0.930 bits per heavy atom. The quantitative estimate of drug-likeness (QED) is 0.170. The molecule has 0 N–H and O–H groups in total. The molecule has 0 saturated carbocycles. The Morgan fingerprint density at radius 3 is 1.68 bits per heavy atom. The molecule has 8 aromatic rings. The molecule has 8 aromatic carbocycles. The molecule has 0 atom stereocenters. The molecule has 57 heavy (non-hydrogen) atoms. The van der Waals surface area contributed by atoms with Gasteiger partial charge >= 0.3 is 0 Å². The summed E-state index contributed by atoms with van der Waals surface area (Å²) >= 11 is 0. The molecule has 0 aromatic heterocycles. The van der Waals surface area contributed by atoms with E-state index in [1.54, 1.807) is 12.1 Å². The number of nitrogens with zero attached hydrogens (tertiary/aromatic N) is 1. The SMILES string of the molecule is CC1(C)c2cc(F)ccc2-c2ccc(N(c3ccc(-c4cccc5c4Cc4ccccc4-5)cc3)c3ccc(-c4cccc5c4-c4ccccc4C5(C)C)cc3)cc21. The highest BCUT2D eigenvalue weighted by Crippen LogP contribution is 2.53. The van der Waals surface area contributed by atoms with Crippen LogP contribution in [-0.4, -0.2) is 0 Å². The first-order valence-corrected chi connectivity index (χ1v) is 20.1. The zero-order valence-electron chi connectivity index (χ0n) is 32.7. The van der Waals surface area contributed by atoms with Gasteiger partial charge in [0.25, 0.3) is 0 Å². The van der Waals surface area contributed by atoms with Gasteiger partial charge in [-0.05, 0) is 144 Å². The molecule has 0 radical (unpaired) electrons. The van der Waals surface area contributed by atoms with E-state index in [1.807, 2.05) is 6.07 Å². The first kappa shape index (κ1) is 33.8. The molecule has 0 spiro atoms. The lowest BCUT2D eigenvalue weighted by Gasteiger charge is -2.28. The predicted octanol–water partition coefficient (Wildman–Crippen LogP) is 14.8. The zero-order chi connectivity index (χ0) is 38.6. The van der Waals surface area contributed by atoms with Gasteiger partial charge < -0.3 is 4.90 Å². The van der Waals surface area contributed by atoms with Gasteiger partial charge in [-0.3, -0.25) is 0 Å². The topological polar surface area (TPSA) is 3.24 Å². The van der Waals surface area contributed by atoms with E-state index in [4.69, 9.17) is 0 Å². The van der Waals surface area contributed by atoms with Crippen molar-refractivity contribution >= 4 is 17.1 Å². The van der Waals surface area contributed by atoms with Crippen LogP contribution in [-0.2, 0) is 17.3 Å². The first-order valence-electron chi connectivity index (χ1n) is 20.1. The molecule has 1 nitrogen and oxygen atoms in total. The minimum atomic E-state index is -0.342. The van der Waals surface area contributed by atoms with Crippen LogP contribution < -0.4 is 4.90 Å². The molecule has 11 rings (SSSR count). The highest BCUT2D eigenvalue weighted by Gasteiger charge is 2.38. The summed E-state index contributed by atoms with van der Waals surface area (Å²) in [6.45, 7) is 9.10. The van der Waals surface area contributed by atoms with Crippen LogP contribution >= 0.6 is 0 Å². The van der Waals surface area contributed by atoms with Gasteiger partial charge in [0.15, 0.2) is 0 Å². The summed E-state index contributed by atoms with van der Waals surface area (Å²) in [6, 6.07) is 61.3. The van der Waals surface area contributed by atoms with E-state index in [1.165, 1.54) is 77.9 Å². The molecular weight excluding hydrogens is 694 g/mol. The number of anilines is 3. The Balaban J connectivity index is 1.02. The van der Waals surface area contributed by atoms with Gasteiger partial charge in [-0.2, -0.15) is 0 Å². The number of benzene rings is 8. The number of fused-ring (bicyclic) bond motifs is 9. The van der Waals surface area contributed by atoms with Crippen molar-refractivity contribution in [1.82, 2.24) is 0 Å². The van der Waals surface area contributed by atoms with Crippen molar-refractivity contribution in [3.8, 4) is 55.6 Å². The number of hydrogen-bond acceptors (Lipinski definition) is 1. The standard InChI is InChI=1S/C55H42FN/c1-54(2)49-17-8-7-13-47(49)53-43(15-10-18-50(53)54)35-21-26-39(27-22-35)57(40-28-30-46-45-29-23-37(56)32-51(45)55(3,4)52(46)33-40)38-24-19-34(20-25-38)41-14-9-16-44-42-12-6-5-11-36(42)31-48(41)44/h5-30,32-33H,31H2,1-4H3. The third-order valence-electron chi connectivity index (χ3n) is 13.2. The summed E-state index contributed by atoms with van der Waals surface area (Å²) < 4.78 is 14.6. The fourth-order valence-electron chi connectivity index (χ4n) is 10.3. The van der Waals surface area contributed by atoms with Gasteiger partial charge in [0.05, 0.1) is 0 Å². The molecule has 3 aliphatic carbocycles. The maximum atomic E-state index is 14.6. The monoisotopic (exact) mass is 735 g/mol. The molecule has 0 aliphatic heterocycles. The van der Waals surface area contributed by atoms with Crippen LogP contribution in [0.1, 0.15) is 61.1 Å². The Labute approximate surface area is 334 Å². The molecule has 274 valence electrons. The van der Waals surface area contributed by atoms with E-state index in [2.05, 4.69) is 184 Å².